The lowest BCUT2D eigenvalue weighted by atomic mass is 10.3. The number of nitrogens with two attached hydrogens (primary N) is 2. The fraction of sp³-hybridized carbons (Fsp3) is 0.500. The predicted octanol–water partition coefficient (Wildman–Crippen LogP) is -1.02. The van der Waals surface area contributed by atoms with Gasteiger partial charge in [-0.3, -0.25) is 21.3 Å². The van der Waals surface area contributed by atoms with Gasteiger partial charge >= 0.3 is 0 Å². The van der Waals surface area contributed by atoms with E-state index in [1.54, 1.807) is 0 Å². The number of hydrazine groups is 1. The Morgan fingerprint density at radius 1 is 1.00 bits per heavy atom. The Bertz CT molecular complexity index is 78.0. The van der Waals surface area contributed by atoms with Crippen LogP contribution in [0.25, 0.3) is 0 Å². The van der Waals surface area contributed by atoms with Crippen molar-refractivity contribution in [2.45, 2.75) is 13.8 Å². The van der Waals surface area contributed by atoms with Crippen molar-refractivity contribution >= 4 is 11.6 Å². The average molecular weight is 118 g/mol. The molecule has 0 spiro atoms. The van der Waals surface area contributed by atoms with Gasteiger partial charge in [0.25, 0.3) is 0 Å². The molecule has 0 bridgehead atoms. The highest BCUT2D eigenvalue weighted by atomic mass is 16.2. The topological polar surface area (TPSA) is 86.2 Å². The maximum atomic E-state index is 9.79. The number of hydrogen-bond donors (Lipinski definition) is 2. The van der Waals surface area contributed by atoms with E-state index in [2.05, 4.69) is 11.7 Å². The molecule has 0 fully saturated rings. The van der Waals surface area contributed by atoms with Gasteiger partial charge in [0.2, 0.25) is 0 Å². The van der Waals surface area contributed by atoms with Crippen LogP contribution in [0, 0.1) is 0 Å². The minimum atomic E-state index is -0.380. The summed E-state index contributed by atoms with van der Waals surface area (Å²) < 4.78 is 0. The summed E-state index contributed by atoms with van der Waals surface area (Å²) in [6, 6.07) is 0. The molecule has 4 heteroatoms. The van der Waals surface area contributed by atoms with Crippen LogP contribution in [0.3, 0.4) is 0 Å². The van der Waals surface area contributed by atoms with Crippen LogP contribution in [0.1, 0.15) is 13.8 Å². The van der Waals surface area contributed by atoms with E-state index in [1.165, 1.54) is 13.8 Å². The zero-order chi connectivity index (χ0) is 7.15. The second kappa shape index (κ2) is 6.26. The zero-order valence-corrected chi connectivity index (χ0v) is 4.97. The predicted molar refractivity (Wildman–Crippen MR) is 29.7 cm³/mol. The fourth-order valence-electron chi connectivity index (χ4n) is 0. The van der Waals surface area contributed by atoms with Gasteiger partial charge in [0.1, 0.15) is 0 Å². The molecule has 0 saturated heterocycles. The average Bonchev–Trinajstić information content (AvgIpc) is 1.72. The Morgan fingerprint density at radius 2 is 1.12 bits per heavy atom. The van der Waals surface area contributed by atoms with Crippen molar-refractivity contribution in [3.05, 3.63) is 0 Å². The first-order valence-corrected chi connectivity index (χ1v) is 1.99. The second-order valence-corrected chi connectivity index (χ2v) is 1.11. The van der Waals surface area contributed by atoms with Crippen molar-refractivity contribution in [3.63, 3.8) is 0 Å². The smallest absolute Gasteiger partial charge is 0.195 e. The Hall–Kier alpha value is -0.740. The SMILES string of the molecule is CC(=O)C(C)=O.NN. The Kier molecular flexibility index (Phi) is 8.05. The first-order valence-electron chi connectivity index (χ1n) is 1.99. The summed E-state index contributed by atoms with van der Waals surface area (Å²) >= 11 is 0. The van der Waals surface area contributed by atoms with Gasteiger partial charge < -0.3 is 0 Å². The van der Waals surface area contributed by atoms with Gasteiger partial charge in [0, 0.05) is 13.8 Å². The van der Waals surface area contributed by atoms with Gasteiger partial charge in [-0.05, 0) is 0 Å². The third kappa shape index (κ3) is 8.98. The first-order chi connectivity index (χ1) is 3.64. The molecule has 0 saturated carbocycles. The molecule has 0 aliphatic heterocycles. The molecule has 4 nitrogen and oxygen atoms in total. The Balaban J connectivity index is 0. The molecular weight excluding hydrogens is 108 g/mol. The van der Waals surface area contributed by atoms with Crippen LogP contribution in [0.15, 0.2) is 0 Å². The molecule has 0 aromatic heterocycles. The summed E-state index contributed by atoms with van der Waals surface area (Å²) in [6.45, 7) is 2.50. The molecule has 0 aromatic rings. The lowest BCUT2D eigenvalue weighted by Crippen LogP contribution is -2.02. The van der Waals surface area contributed by atoms with E-state index in [0.29, 0.717) is 0 Å². The van der Waals surface area contributed by atoms with Crippen molar-refractivity contribution in [1.29, 1.82) is 0 Å². The molecule has 0 heterocycles. The fourth-order valence-corrected chi connectivity index (χ4v) is 0. The van der Waals surface area contributed by atoms with Crippen molar-refractivity contribution < 1.29 is 9.59 Å². The van der Waals surface area contributed by atoms with Crippen molar-refractivity contribution in [2.24, 2.45) is 11.7 Å². The summed E-state index contributed by atoms with van der Waals surface area (Å²) in [5.74, 6) is 7.24. The summed E-state index contributed by atoms with van der Waals surface area (Å²) in [5.41, 5.74) is 0. The van der Waals surface area contributed by atoms with Crippen LogP contribution < -0.4 is 11.7 Å². The van der Waals surface area contributed by atoms with E-state index in [9.17, 15) is 9.59 Å². The monoisotopic (exact) mass is 118 g/mol. The van der Waals surface area contributed by atoms with E-state index in [0.717, 1.165) is 0 Å². The van der Waals surface area contributed by atoms with Crippen LogP contribution in [0.2, 0.25) is 0 Å². The van der Waals surface area contributed by atoms with Crippen LogP contribution in [-0.4, -0.2) is 11.6 Å². The normalized spacial score (nSPS) is 6.50. The van der Waals surface area contributed by atoms with Crippen molar-refractivity contribution in [3.8, 4) is 0 Å². The molecule has 0 atom stereocenters. The van der Waals surface area contributed by atoms with Gasteiger partial charge in [-0.25, -0.2) is 0 Å². The van der Waals surface area contributed by atoms with Crippen LogP contribution in [-0.2, 0) is 9.59 Å². The summed E-state index contributed by atoms with van der Waals surface area (Å²) in [5, 5.41) is 0. The summed E-state index contributed by atoms with van der Waals surface area (Å²) in [7, 11) is 0. The maximum Gasteiger partial charge on any atom is 0.195 e. The van der Waals surface area contributed by atoms with E-state index in [-0.39, 0.29) is 11.6 Å². The van der Waals surface area contributed by atoms with Gasteiger partial charge in [-0.2, -0.15) is 0 Å². The standard InChI is InChI=1S/C4H6O2.H4N2/c1-3(5)4(2)6;1-2/h1-2H3;1-2H2. The summed E-state index contributed by atoms with van der Waals surface area (Å²) in [4.78, 5) is 19.6. The van der Waals surface area contributed by atoms with E-state index in [4.69, 9.17) is 0 Å². The molecule has 4 N–H and O–H groups in total. The minimum Gasteiger partial charge on any atom is -0.291 e. The molecule has 48 valence electrons. The lowest BCUT2D eigenvalue weighted by Gasteiger charge is -1.73. The second-order valence-electron chi connectivity index (χ2n) is 1.11. The molecule has 8 heavy (non-hydrogen) atoms. The third-order valence-electron chi connectivity index (χ3n) is 0.496. The Morgan fingerprint density at radius 3 is 1.12 bits per heavy atom. The molecule has 0 aliphatic rings. The van der Waals surface area contributed by atoms with Crippen molar-refractivity contribution in [1.82, 2.24) is 0 Å². The van der Waals surface area contributed by atoms with Gasteiger partial charge in [0.15, 0.2) is 11.6 Å². The van der Waals surface area contributed by atoms with Gasteiger partial charge in [-0.1, -0.05) is 0 Å². The highest BCUT2D eigenvalue weighted by molar-refractivity contribution is 6.35. The lowest BCUT2D eigenvalue weighted by molar-refractivity contribution is -0.134. The number of hydrogen-bond acceptors (Lipinski definition) is 4. The largest absolute Gasteiger partial charge is 0.291 e. The summed E-state index contributed by atoms with van der Waals surface area (Å²) in [6.07, 6.45) is 0. The van der Waals surface area contributed by atoms with Crippen LogP contribution in [0.5, 0.6) is 0 Å². The minimum absolute atomic E-state index is 0.380. The van der Waals surface area contributed by atoms with E-state index >= 15 is 0 Å². The van der Waals surface area contributed by atoms with Crippen LogP contribution >= 0.6 is 0 Å². The molecule has 0 amide bonds. The maximum absolute atomic E-state index is 9.79. The number of ketones is 2. The highest BCUT2D eigenvalue weighted by Gasteiger charge is 1.94. The molecular formula is C4H10N2O2. The molecule has 0 unspecified atom stereocenters. The van der Waals surface area contributed by atoms with Gasteiger partial charge in [0.05, 0.1) is 0 Å². The molecule has 0 aromatic carbocycles. The number of carbonyl (C=O) groups excluding carboxylic acids is 2. The van der Waals surface area contributed by atoms with Crippen molar-refractivity contribution in [2.75, 3.05) is 0 Å². The molecule has 0 radical (unpaired) electrons. The molecule has 0 aliphatic carbocycles. The number of rotatable bonds is 1. The number of carbonyl (C=O) groups is 2. The van der Waals surface area contributed by atoms with E-state index < -0.39 is 0 Å². The third-order valence-corrected chi connectivity index (χ3v) is 0.496. The van der Waals surface area contributed by atoms with E-state index in [1.807, 2.05) is 0 Å². The Labute approximate surface area is 47.8 Å². The van der Waals surface area contributed by atoms with Gasteiger partial charge in [-0.15, -0.1) is 0 Å². The van der Waals surface area contributed by atoms with Crippen LogP contribution in [0.4, 0.5) is 0 Å². The first kappa shape index (κ1) is 10.3. The quantitative estimate of drug-likeness (QED) is 0.262. The highest BCUT2D eigenvalue weighted by Crippen LogP contribution is 1.66. The number of Topliss-reactive ketones (excluding diaryl/α,β-unsaturated/α-hetero) is 2. The molecule has 0 rings (SSSR count). The zero-order valence-electron chi connectivity index (χ0n) is 4.97.